The summed E-state index contributed by atoms with van der Waals surface area (Å²) in [6.45, 7) is 0.925. The molecular formula is C14H19N3O. The number of nitrogens with zero attached hydrogens (tertiary/aromatic N) is 2. The van der Waals surface area contributed by atoms with Gasteiger partial charge >= 0.3 is 0 Å². The molecule has 4 nitrogen and oxygen atoms in total. The Hall–Kier alpha value is -1.55. The van der Waals surface area contributed by atoms with Crippen LogP contribution in [0.15, 0.2) is 30.6 Å². The molecule has 3 rings (SSSR count). The number of nitrogens with one attached hydrogen (secondary N) is 1. The van der Waals surface area contributed by atoms with Gasteiger partial charge in [-0.05, 0) is 37.3 Å². The summed E-state index contributed by atoms with van der Waals surface area (Å²) < 4.78 is 2.05. The van der Waals surface area contributed by atoms with Crippen LogP contribution in [0.1, 0.15) is 25.7 Å². The Labute approximate surface area is 107 Å². The quantitative estimate of drug-likeness (QED) is 0.872. The van der Waals surface area contributed by atoms with E-state index in [1.165, 1.54) is 6.42 Å². The van der Waals surface area contributed by atoms with Crippen molar-refractivity contribution in [3.05, 3.63) is 30.6 Å². The van der Waals surface area contributed by atoms with E-state index in [4.69, 9.17) is 0 Å². The van der Waals surface area contributed by atoms with Crippen molar-refractivity contribution >= 4 is 11.5 Å². The van der Waals surface area contributed by atoms with Gasteiger partial charge in [-0.25, -0.2) is 4.98 Å². The molecule has 1 aliphatic rings. The molecule has 1 aliphatic carbocycles. The maximum Gasteiger partial charge on any atom is 0.138 e. The smallest absolute Gasteiger partial charge is 0.138 e. The van der Waals surface area contributed by atoms with Crippen molar-refractivity contribution in [3.63, 3.8) is 0 Å². The van der Waals surface area contributed by atoms with Gasteiger partial charge in [0, 0.05) is 18.9 Å². The largest absolute Gasteiger partial charge is 0.393 e. The van der Waals surface area contributed by atoms with Gasteiger partial charge in [0.2, 0.25) is 0 Å². The predicted octanol–water partition coefficient (Wildman–Crippen LogP) is 2.30. The SMILES string of the molecule is OC1CCCC(CNc2cccc3nccn23)C1. The lowest BCUT2D eigenvalue weighted by atomic mass is 9.87. The molecule has 2 N–H and O–H groups in total. The first-order chi connectivity index (χ1) is 8.83. The van der Waals surface area contributed by atoms with Gasteiger partial charge in [0.05, 0.1) is 6.10 Å². The zero-order valence-electron chi connectivity index (χ0n) is 10.4. The Morgan fingerprint density at radius 3 is 3.22 bits per heavy atom. The molecule has 2 atom stereocenters. The summed E-state index contributed by atoms with van der Waals surface area (Å²) >= 11 is 0. The predicted molar refractivity (Wildman–Crippen MR) is 71.6 cm³/mol. The molecule has 0 spiro atoms. The molecule has 0 radical (unpaired) electrons. The van der Waals surface area contributed by atoms with Gasteiger partial charge in [-0.2, -0.15) is 0 Å². The van der Waals surface area contributed by atoms with E-state index in [2.05, 4.69) is 20.8 Å². The Morgan fingerprint density at radius 1 is 1.39 bits per heavy atom. The van der Waals surface area contributed by atoms with Crippen molar-refractivity contribution in [2.75, 3.05) is 11.9 Å². The average Bonchev–Trinajstić information content (AvgIpc) is 2.85. The lowest BCUT2D eigenvalue weighted by Crippen LogP contribution is -2.25. The Balaban J connectivity index is 1.67. The van der Waals surface area contributed by atoms with E-state index in [9.17, 15) is 5.11 Å². The highest BCUT2D eigenvalue weighted by Crippen LogP contribution is 2.24. The molecule has 2 aromatic heterocycles. The van der Waals surface area contributed by atoms with Crippen LogP contribution in [0.3, 0.4) is 0 Å². The normalized spacial score (nSPS) is 24.3. The van der Waals surface area contributed by atoms with E-state index < -0.39 is 0 Å². The van der Waals surface area contributed by atoms with Crippen molar-refractivity contribution < 1.29 is 5.11 Å². The minimum Gasteiger partial charge on any atom is -0.393 e. The van der Waals surface area contributed by atoms with Crippen molar-refractivity contribution in [1.82, 2.24) is 9.38 Å². The lowest BCUT2D eigenvalue weighted by molar-refractivity contribution is 0.104. The maximum atomic E-state index is 9.67. The molecule has 0 aromatic carbocycles. The van der Waals surface area contributed by atoms with E-state index in [1.54, 1.807) is 0 Å². The van der Waals surface area contributed by atoms with Crippen molar-refractivity contribution in [1.29, 1.82) is 0 Å². The van der Waals surface area contributed by atoms with Crippen LogP contribution in [0.4, 0.5) is 5.82 Å². The second-order valence-corrected chi connectivity index (χ2v) is 5.13. The topological polar surface area (TPSA) is 49.6 Å². The fourth-order valence-corrected chi connectivity index (χ4v) is 2.79. The first-order valence-electron chi connectivity index (χ1n) is 6.67. The van der Waals surface area contributed by atoms with Crippen molar-refractivity contribution in [2.45, 2.75) is 31.8 Å². The van der Waals surface area contributed by atoms with E-state index in [1.807, 2.05) is 24.5 Å². The van der Waals surface area contributed by atoms with E-state index in [0.717, 1.165) is 37.3 Å². The molecule has 0 bridgehead atoms. The third-order valence-electron chi connectivity index (χ3n) is 3.76. The van der Waals surface area contributed by atoms with Crippen LogP contribution in [-0.2, 0) is 0 Å². The summed E-state index contributed by atoms with van der Waals surface area (Å²) in [7, 11) is 0. The van der Waals surface area contributed by atoms with E-state index >= 15 is 0 Å². The number of imidazole rings is 1. The molecule has 0 saturated heterocycles. The van der Waals surface area contributed by atoms with Crippen LogP contribution in [-0.4, -0.2) is 27.1 Å². The number of pyridine rings is 1. The summed E-state index contributed by atoms with van der Waals surface area (Å²) in [6, 6.07) is 6.07. The summed E-state index contributed by atoms with van der Waals surface area (Å²) in [6.07, 6.45) is 7.92. The lowest BCUT2D eigenvalue weighted by Gasteiger charge is -2.26. The second-order valence-electron chi connectivity index (χ2n) is 5.13. The van der Waals surface area contributed by atoms with Crippen LogP contribution in [0.25, 0.3) is 5.65 Å². The number of hydrogen-bond donors (Lipinski definition) is 2. The summed E-state index contributed by atoms with van der Waals surface area (Å²) in [5.74, 6) is 1.65. The number of aromatic nitrogens is 2. The van der Waals surface area contributed by atoms with E-state index in [-0.39, 0.29) is 6.10 Å². The molecule has 0 aliphatic heterocycles. The summed E-state index contributed by atoms with van der Waals surface area (Å²) in [4.78, 5) is 4.27. The molecule has 2 heterocycles. The third kappa shape index (κ3) is 2.34. The van der Waals surface area contributed by atoms with Gasteiger partial charge in [0.1, 0.15) is 11.5 Å². The molecular weight excluding hydrogens is 226 g/mol. The Morgan fingerprint density at radius 2 is 2.33 bits per heavy atom. The van der Waals surface area contributed by atoms with Gasteiger partial charge in [-0.1, -0.05) is 12.5 Å². The molecule has 4 heteroatoms. The van der Waals surface area contributed by atoms with Crippen LogP contribution >= 0.6 is 0 Å². The van der Waals surface area contributed by atoms with Gasteiger partial charge < -0.3 is 10.4 Å². The van der Waals surface area contributed by atoms with Gasteiger partial charge in [-0.15, -0.1) is 0 Å². The second kappa shape index (κ2) is 4.98. The number of fused-ring (bicyclic) bond motifs is 1. The minimum atomic E-state index is -0.102. The van der Waals surface area contributed by atoms with Gasteiger partial charge in [0.25, 0.3) is 0 Å². The van der Waals surface area contributed by atoms with Crippen molar-refractivity contribution in [2.24, 2.45) is 5.92 Å². The monoisotopic (exact) mass is 245 g/mol. The fourth-order valence-electron chi connectivity index (χ4n) is 2.79. The van der Waals surface area contributed by atoms with E-state index in [0.29, 0.717) is 5.92 Å². The van der Waals surface area contributed by atoms with Gasteiger partial charge in [0.15, 0.2) is 0 Å². The summed E-state index contributed by atoms with van der Waals surface area (Å²) in [5, 5.41) is 13.1. The third-order valence-corrected chi connectivity index (χ3v) is 3.76. The Kier molecular flexibility index (Phi) is 3.19. The average molecular weight is 245 g/mol. The van der Waals surface area contributed by atoms with Crippen LogP contribution in [0.2, 0.25) is 0 Å². The Bertz CT molecular complexity index is 522. The highest BCUT2D eigenvalue weighted by molar-refractivity contribution is 5.49. The molecule has 0 amide bonds. The zero-order chi connectivity index (χ0) is 12.4. The number of aliphatic hydroxyl groups excluding tert-OH is 1. The molecule has 2 aromatic rings. The highest BCUT2D eigenvalue weighted by atomic mass is 16.3. The highest BCUT2D eigenvalue weighted by Gasteiger charge is 2.19. The molecule has 1 saturated carbocycles. The molecule has 1 fully saturated rings. The number of rotatable bonds is 3. The van der Waals surface area contributed by atoms with Gasteiger partial charge in [-0.3, -0.25) is 4.40 Å². The number of anilines is 1. The van der Waals surface area contributed by atoms with Crippen LogP contribution in [0, 0.1) is 5.92 Å². The molecule has 18 heavy (non-hydrogen) atoms. The molecule has 96 valence electrons. The number of aliphatic hydroxyl groups is 1. The standard InChI is InChI=1S/C14H19N3O/c18-12-4-1-3-11(9-12)10-16-14-6-2-5-13-15-7-8-17(13)14/h2,5-8,11-12,16,18H,1,3-4,9-10H2. The van der Waals surface area contributed by atoms with Crippen LogP contribution < -0.4 is 5.32 Å². The first-order valence-corrected chi connectivity index (χ1v) is 6.67. The fraction of sp³-hybridized carbons (Fsp3) is 0.500. The van der Waals surface area contributed by atoms with Crippen LogP contribution in [0.5, 0.6) is 0 Å². The maximum absolute atomic E-state index is 9.67. The minimum absolute atomic E-state index is 0.102. The molecule has 2 unspecified atom stereocenters. The number of hydrogen-bond acceptors (Lipinski definition) is 3. The zero-order valence-corrected chi connectivity index (χ0v) is 10.4. The first kappa shape index (κ1) is 11.5. The van der Waals surface area contributed by atoms with Crippen molar-refractivity contribution in [3.8, 4) is 0 Å². The summed E-state index contributed by atoms with van der Waals surface area (Å²) in [5.41, 5.74) is 0.962.